The van der Waals surface area contributed by atoms with E-state index in [1.807, 2.05) is 74.5 Å². The molecule has 27 heavy (non-hydrogen) atoms. The second-order valence-corrected chi connectivity index (χ2v) is 6.53. The highest BCUT2D eigenvalue weighted by molar-refractivity contribution is 5.94. The highest BCUT2D eigenvalue weighted by Crippen LogP contribution is 2.17. The van der Waals surface area contributed by atoms with Crippen molar-refractivity contribution in [2.75, 3.05) is 0 Å². The van der Waals surface area contributed by atoms with E-state index in [-0.39, 0.29) is 12.5 Å². The van der Waals surface area contributed by atoms with Gasteiger partial charge in [0.15, 0.2) is 11.5 Å². The molecule has 6 nitrogen and oxygen atoms in total. The van der Waals surface area contributed by atoms with E-state index in [4.69, 9.17) is 0 Å². The molecular formula is C21H19N5O. The van der Waals surface area contributed by atoms with Gasteiger partial charge >= 0.3 is 0 Å². The van der Waals surface area contributed by atoms with Crippen molar-refractivity contribution >= 4 is 11.6 Å². The zero-order valence-corrected chi connectivity index (χ0v) is 15.2. The number of carbonyl (C=O) groups excluding carboxylic acids is 1. The van der Waals surface area contributed by atoms with Crippen LogP contribution in [0.3, 0.4) is 0 Å². The maximum Gasteiger partial charge on any atom is 0.251 e. The molecule has 0 spiro atoms. The first kappa shape index (κ1) is 16.9. The number of aromatic nitrogens is 4. The van der Waals surface area contributed by atoms with Crippen molar-refractivity contribution in [3.05, 3.63) is 83.2 Å². The molecule has 0 bridgehead atoms. The Hall–Kier alpha value is -3.54. The first-order valence-corrected chi connectivity index (χ1v) is 8.73. The van der Waals surface area contributed by atoms with Crippen LogP contribution in [0.15, 0.2) is 60.7 Å². The molecule has 2 aromatic carbocycles. The van der Waals surface area contributed by atoms with Gasteiger partial charge in [0.2, 0.25) is 0 Å². The number of benzene rings is 2. The molecule has 0 aliphatic carbocycles. The van der Waals surface area contributed by atoms with Gasteiger partial charge in [0.25, 0.3) is 5.91 Å². The van der Waals surface area contributed by atoms with Crippen molar-refractivity contribution in [1.29, 1.82) is 0 Å². The summed E-state index contributed by atoms with van der Waals surface area (Å²) in [5, 5.41) is 15.8. The number of amides is 1. The molecule has 4 rings (SSSR count). The van der Waals surface area contributed by atoms with Crippen LogP contribution in [0.5, 0.6) is 0 Å². The monoisotopic (exact) mass is 357 g/mol. The number of rotatable bonds is 4. The summed E-state index contributed by atoms with van der Waals surface area (Å²) in [5.74, 6) is 0.443. The third-order valence-corrected chi connectivity index (χ3v) is 4.29. The van der Waals surface area contributed by atoms with Crippen LogP contribution in [-0.2, 0) is 6.54 Å². The number of nitrogens with zero attached hydrogens (tertiary/aromatic N) is 4. The van der Waals surface area contributed by atoms with Crippen LogP contribution in [0.1, 0.15) is 27.3 Å². The number of carbonyl (C=O) groups is 1. The molecule has 0 fully saturated rings. The quantitative estimate of drug-likeness (QED) is 0.608. The molecule has 0 aliphatic heterocycles. The molecule has 0 unspecified atom stereocenters. The smallest absolute Gasteiger partial charge is 0.251 e. The minimum absolute atomic E-state index is 0.141. The molecule has 0 aliphatic rings. The van der Waals surface area contributed by atoms with Crippen molar-refractivity contribution in [2.45, 2.75) is 20.4 Å². The lowest BCUT2D eigenvalue weighted by molar-refractivity contribution is 0.0949. The molecule has 4 aromatic rings. The van der Waals surface area contributed by atoms with Crippen LogP contribution in [-0.4, -0.2) is 25.7 Å². The van der Waals surface area contributed by atoms with Gasteiger partial charge in [0.1, 0.15) is 0 Å². The van der Waals surface area contributed by atoms with Crippen molar-refractivity contribution in [3.8, 4) is 11.3 Å². The summed E-state index contributed by atoms with van der Waals surface area (Å²) in [4.78, 5) is 12.5. The predicted octanol–water partition coefficient (Wildman–Crippen LogP) is 3.34. The summed E-state index contributed by atoms with van der Waals surface area (Å²) in [6.07, 6.45) is 0. The van der Waals surface area contributed by atoms with E-state index in [1.54, 1.807) is 4.52 Å². The van der Waals surface area contributed by atoms with Gasteiger partial charge in [-0.25, -0.2) is 0 Å². The lowest BCUT2D eigenvalue weighted by Crippen LogP contribution is -2.24. The molecule has 0 atom stereocenters. The summed E-state index contributed by atoms with van der Waals surface area (Å²) in [5.41, 5.74) is 5.23. The molecule has 0 radical (unpaired) electrons. The molecule has 1 amide bonds. The van der Waals surface area contributed by atoms with E-state index in [0.29, 0.717) is 17.0 Å². The van der Waals surface area contributed by atoms with Gasteiger partial charge in [-0.3, -0.25) is 4.79 Å². The molecule has 0 saturated heterocycles. The minimum Gasteiger partial charge on any atom is -0.345 e. The Bertz CT molecular complexity index is 1100. The number of hydrogen-bond donors (Lipinski definition) is 1. The van der Waals surface area contributed by atoms with Crippen LogP contribution in [0.4, 0.5) is 0 Å². The third kappa shape index (κ3) is 3.55. The lowest BCUT2D eigenvalue weighted by Gasteiger charge is -2.07. The fourth-order valence-electron chi connectivity index (χ4n) is 3.07. The summed E-state index contributed by atoms with van der Waals surface area (Å²) in [6.45, 7) is 4.20. The van der Waals surface area contributed by atoms with E-state index < -0.39 is 0 Å². The SMILES string of the molecule is Cc1cc(C)cc(C(=O)NCc2nnc3ccc(-c4ccccc4)nn23)c1. The number of aryl methyl sites for hydroxylation is 2. The minimum atomic E-state index is -0.141. The first-order valence-electron chi connectivity index (χ1n) is 8.73. The molecule has 6 heteroatoms. The van der Waals surface area contributed by atoms with Crippen LogP contribution >= 0.6 is 0 Å². The highest BCUT2D eigenvalue weighted by atomic mass is 16.1. The van der Waals surface area contributed by atoms with Crippen LogP contribution in [0.25, 0.3) is 16.9 Å². The van der Waals surface area contributed by atoms with Crippen molar-refractivity contribution in [1.82, 2.24) is 25.1 Å². The largest absolute Gasteiger partial charge is 0.345 e. The zero-order valence-electron chi connectivity index (χ0n) is 15.2. The van der Waals surface area contributed by atoms with E-state index in [0.717, 1.165) is 22.4 Å². The van der Waals surface area contributed by atoms with E-state index in [9.17, 15) is 4.79 Å². The molecule has 1 N–H and O–H groups in total. The number of nitrogens with one attached hydrogen (secondary N) is 1. The Labute approximate surface area is 156 Å². The van der Waals surface area contributed by atoms with E-state index >= 15 is 0 Å². The van der Waals surface area contributed by atoms with Gasteiger partial charge < -0.3 is 5.32 Å². The summed E-state index contributed by atoms with van der Waals surface area (Å²) < 4.78 is 1.67. The predicted molar refractivity (Wildman–Crippen MR) is 103 cm³/mol. The molecule has 134 valence electrons. The Kier molecular flexibility index (Phi) is 4.38. The van der Waals surface area contributed by atoms with Gasteiger partial charge in [-0.05, 0) is 38.1 Å². The van der Waals surface area contributed by atoms with Crippen molar-refractivity contribution in [3.63, 3.8) is 0 Å². The summed E-state index contributed by atoms with van der Waals surface area (Å²) >= 11 is 0. The van der Waals surface area contributed by atoms with Crippen LogP contribution in [0, 0.1) is 13.8 Å². The average Bonchev–Trinajstić information content (AvgIpc) is 3.08. The van der Waals surface area contributed by atoms with Crippen LogP contribution in [0.2, 0.25) is 0 Å². The summed E-state index contributed by atoms with van der Waals surface area (Å²) in [6, 6.07) is 19.5. The topological polar surface area (TPSA) is 72.2 Å². The Balaban J connectivity index is 1.58. The zero-order chi connectivity index (χ0) is 18.8. The second-order valence-electron chi connectivity index (χ2n) is 6.53. The Morgan fingerprint density at radius 1 is 0.963 bits per heavy atom. The standard InChI is InChI=1S/C21H19N5O/c1-14-10-15(2)12-17(11-14)21(27)22-13-20-24-23-19-9-8-18(25-26(19)20)16-6-4-3-5-7-16/h3-12H,13H2,1-2H3,(H,22,27). The molecule has 2 heterocycles. The maximum absolute atomic E-state index is 12.5. The Morgan fingerprint density at radius 3 is 2.44 bits per heavy atom. The van der Waals surface area contributed by atoms with Gasteiger partial charge in [0, 0.05) is 11.1 Å². The van der Waals surface area contributed by atoms with Gasteiger partial charge in [-0.2, -0.15) is 9.61 Å². The van der Waals surface area contributed by atoms with E-state index in [2.05, 4.69) is 20.6 Å². The number of hydrogen-bond acceptors (Lipinski definition) is 4. The first-order chi connectivity index (χ1) is 13.1. The third-order valence-electron chi connectivity index (χ3n) is 4.29. The molecule has 0 saturated carbocycles. The van der Waals surface area contributed by atoms with Gasteiger partial charge in [0.05, 0.1) is 12.2 Å². The maximum atomic E-state index is 12.5. The molecule has 2 aromatic heterocycles. The highest BCUT2D eigenvalue weighted by Gasteiger charge is 2.12. The Morgan fingerprint density at radius 2 is 1.70 bits per heavy atom. The lowest BCUT2D eigenvalue weighted by atomic mass is 10.1. The van der Waals surface area contributed by atoms with Crippen molar-refractivity contribution in [2.24, 2.45) is 0 Å². The van der Waals surface area contributed by atoms with Gasteiger partial charge in [-0.1, -0.05) is 47.5 Å². The summed E-state index contributed by atoms with van der Waals surface area (Å²) in [7, 11) is 0. The average molecular weight is 357 g/mol. The second kappa shape index (κ2) is 6.99. The number of fused-ring (bicyclic) bond motifs is 1. The van der Waals surface area contributed by atoms with Crippen molar-refractivity contribution < 1.29 is 4.79 Å². The fraction of sp³-hybridized carbons (Fsp3) is 0.143. The van der Waals surface area contributed by atoms with Gasteiger partial charge in [-0.15, -0.1) is 10.2 Å². The normalized spacial score (nSPS) is 10.9. The van der Waals surface area contributed by atoms with E-state index in [1.165, 1.54) is 0 Å². The fourth-order valence-corrected chi connectivity index (χ4v) is 3.07. The molecular weight excluding hydrogens is 338 g/mol. The van der Waals surface area contributed by atoms with Crippen LogP contribution < -0.4 is 5.32 Å².